The summed E-state index contributed by atoms with van der Waals surface area (Å²) in [6.45, 7) is 0. The van der Waals surface area contributed by atoms with Crippen molar-refractivity contribution in [1.82, 2.24) is 15.2 Å². The molecule has 5 heteroatoms. The third-order valence-corrected chi connectivity index (χ3v) is 3.12. The highest BCUT2D eigenvalue weighted by Gasteiger charge is 2.17. The minimum Gasteiger partial charge on any atom is -0.496 e. The zero-order chi connectivity index (χ0) is 13.9. The Balaban J connectivity index is 2.22. The minimum atomic E-state index is 0.438. The number of para-hydroxylation sites is 1. The summed E-state index contributed by atoms with van der Waals surface area (Å²) in [5.74, 6) is 1.19. The first-order valence-electron chi connectivity index (χ1n) is 6.19. The molecule has 0 amide bonds. The van der Waals surface area contributed by atoms with E-state index in [0.29, 0.717) is 5.82 Å². The summed E-state index contributed by atoms with van der Waals surface area (Å²) in [6, 6.07) is 11.5. The lowest BCUT2D eigenvalue weighted by Gasteiger charge is -2.09. The van der Waals surface area contributed by atoms with Gasteiger partial charge in [0.25, 0.3) is 0 Å². The second kappa shape index (κ2) is 5.05. The molecular formula is C15H14N4O. The largest absolute Gasteiger partial charge is 0.496 e. The smallest absolute Gasteiger partial charge is 0.153 e. The number of H-pyrrole nitrogens is 1. The van der Waals surface area contributed by atoms with Gasteiger partial charge in [-0.15, -0.1) is 0 Å². The number of nitrogen functional groups attached to an aromatic ring is 1. The van der Waals surface area contributed by atoms with E-state index in [1.165, 1.54) is 0 Å². The van der Waals surface area contributed by atoms with E-state index in [4.69, 9.17) is 10.5 Å². The predicted molar refractivity (Wildman–Crippen MR) is 78.2 cm³/mol. The predicted octanol–water partition coefficient (Wildman–Crippen LogP) is 2.73. The number of aromatic nitrogens is 3. The lowest BCUT2D eigenvalue weighted by Crippen LogP contribution is -1.92. The van der Waals surface area contributed by atoms with Crippen molar-refractivity contribution >= 4 is 5.82 Å². The highest BCUT2D eigenvalue weighted by Crippen LogP contribution is 2.39. The highest BCUT2D eigenvalue weighted by molar-refractivity contribution is 5.90. The Morgan fingerprint density at radius 3 is 2.75 bits per heavy atom. The number of hydrogen-bond donors (Lipinski definition) is 2. The SMILES string of the molecule is COc1ccccc1-c1c(N)n[nH]c1-c1cccnc1. The van der Waals surface area contributed by atoms with Gasteiger partial charge in [-0.05, 0) is 18.2 Å². The third kappa shape index (κ3) is 1.99. The summed E-state index contributed by atoms with van der Waals surface area (Å²) in [4.78, 5) is 4.13. The Labute approximate surface area is 116 Å². The van der Waals surface area contributed by atoms with Crippen LogP contribution in [0.2, 0.25) is 0 Å². The lowest BCUT2D eigenvalue weighted by atomic mass is 10.0. The monoisotopic (exact) mass is 266 g/mol. The first kappa shape index (κ1) is 12.2. The van der Waals surface area contributed by atoms with Gasteiger partial charge in [-0.1, -0.05) is 18.2 Å². The van der Waals surface area contributed by atoms with Crippen molar-refractivity contribution in [3.63, 3.8) is 0 Å². The van der Waals surface area contributed by atoms with Crippen molar-refractivity contribution in [3.05, 3.63) is 48.8 Å². The van der Waals surface area contributed by atoms with Crippen molar-refractivity contribution < 1.29 is 4.74 Å². The summed E-state index contributed by atoms with van der Waals surface area (Å²) < 4.78 is 5.40. The number of aromatic amines is 1. The second-order valence-electron chi connectivity index (χ2n) is 4.30. The molecule has 0 unspecified atom stereocenters. The number of methoxy groups -OCH3 is 1. The van der Waals surface area contributed by atoms with Crippen LogP contribution in [0.3, 0.4) is 0 Å². The minimum absolute atomic E-state index is 0.438. The molecule has 0 fully saturated rings. The molecule has 5 nitrogen and oxygen atoms in total. The zero-order valence-corrected chi connectivity index (χ0v) is 11.0. The molecule has 0 aliphatic carbocycles. The van der Waals surface area contributed by atoms with Crippen LogP contribution in [0.4, 0.5) is 5.82 Å². The molecule has 0 radical (unpaired) electrons. The molecule has 1 aromatic carbocycles. The topological polar surface area (TPSA) is 76.8 Å². The number of nitrogens with two attached hydrogens (primary N) is 1. The van der Waals surface area contributed by atoms with Gasteiger partial charge in [0.05, 0.1) is 18.4 Å². The molecule has 0 atom stereocenters. The number of benzene rings is 1. The van der Waals surface area contributed by atoms with Crippen LogP contribution in [-0.2, 0) is 0 Å². The summed E-state index contributed by atoms with van der Waals surface area (Å²) >= 11 is 0. The third-order valence-electron chi connectivity index (χ3n) is 3.12. The van der Waals surface area contributed by atoms with E-state index in [1.807, 2.05) is 36.4 Å². The summed E-state index contributed by atoms with van der Waals surface area (Å²) in [5, 5.41) is 7.08. The van der Waals surface area contributed by atoms with Gasteiger partial charge in [-0.25, -0.2) is 0 Å². The van der Waals surface area contributed by atoms with E-state index >= 15 is 0 Å². The van der Waals surface area contributed by atoms with Crippen LogP contribution in [0.1, 0.15) is 0 Å². The molecular weight excluding hydrogens is 252 g/mol. The fourth-order valence-corrected chi connectivity index (χ4v) is 2.20. The molecule has 0 bridgehead atoms. The molecule has 3 aromatic rings. The van der Waals surface area contributed by atoms with Crippen LogP contribution in [0.25, 0.3) is 22.4 Å². The van der Waals surface area contributed by atoms with Crippen LogP contribution in [0.5, 0.6) is 5.75 Å². The van der Waals surface area contributed by atoms with Crippen molar-refractivity contribution in [1.29, 1.82) is 0 Å². The van der Waals surface area contributed by atoms with Crippen LogP contribution in [0.15, 0.2) is 48.8 Å². The van der Waals surface area contributed by atoms with E-state index in [-0.39, 0.29) is 0 Å². The number of pyridine rings is 1. The van der Waals surface area contributed by atoms with E-state index < -0.39 is 0 Å². The Morgan fingerprint density at radius 2 is 2.00 bits per heavy atom. The van der Waals surface area contributed by atoms with Crippen molar-refractivity contribution in [2.75, 3.05) is 12.8 Å². The highest BCUT2D eigenvalue weighted by atomic mass is 16.5. The second-order valence-corrected chi connectivity index (χ2v) is 4.30. The molecule has 0 aliphatic heterocycles. The van der Waals surface area contributed by atoms with Crippen molar-refractivity contribution in [3.8, 4) is 28.1 Å². The normalized spacial score (nSPS) is 10.4. The Hall–Kier alpha value is -2.82. The van der Waals surface area contributed by atoms with Gasteiger partial charge in [0.15, 0.2) is 5.82 Å². The lowest BCUT2D eigenvalue weighted by molar-refractivity contribution is 0.416. The van der Waals surface area contributed by atoms with Gasteiger partial charge < -0.3 is 10.5 Å². The maximum atomic E-state index is 6.02. The fourth-order valence-electron chi connectivity index (χ4n) is 2.20. The van der Waals surface area contributed by atoms with Gasteiger partial charge in [0, 0.05) is 23.5 Å². The Kier molecular flexibility index (Phi) is 3.09. The molecule has 100 valence electrons. The fraction of sp³-hybridized carbons (Fsp3) is 0.0667. The Morgan fingerprint density at radius 1 is 1.15 bits per heavy atom. The van der Waals surface area contributed by atoms with E-state index in [9.17, 15) is 0 Å². The van der Waals surface area contributed by atoms with Crippen LogP contribution < -0.4 is 10.5 Å². The van der Waals surface area contributed by atoms with Crippen molar-refractivity contribution in [2.24, 2.45) is 0 Å². The number of rotatable bonds is 3. The van der Waals surface area contributed by atoms with Gasteiger partial charge >= 0.3 is 0 Å². The molecule has 0 spiro atoms. The molecule has 3 rings (SSSR count). The van der Waals surface area contributed by atoms with Gasteiger partial charge in [0.1, 0.15) is 5.75 Å². The number of ether oxygens (including phenoxy) is 1. The van der Waals surface area contributed by atoms with Crippen molar-refractivity contribution in [2.45, 2.75) is 0 Å². The molecule has 0 saturated carbocycles. The quantitative estimate of drug-likeness (QED) is 0.764. The maximum Gasteiger partial charge on any atom is 0.153 e. The van der Waals surface area contributed by atoms with E-state index in [2.05, 4.69) is 15.2 Å². The molecule has 20 heavy (non-hydrogen) atoms. The summed E-state index contributed by atoms with van der Waals surface area (Å²) in [7, 11) is 1.64. The molecule has 3 N–H and O–H groups in total. The van der Waals surface area contributed by atoms with Gasteiger partial charge in [0.2, 0.25) is 0 Å². The summed E-state index contributed by atoms with van der Waals surface area (Å²) in [5.41, 5.74) is 9.51. The number of anilines is 1. The first-order chi connectivity index (χ1) is 9.81. The molecule has 0 aliphatic rings. The van der Waals surface area contributed by atoms with Crippen LogP contribution in [-0.4, -0.2) is 22.3 Å². The van der Waals surface area contributed by atoms with Gasteiger partial charge in [-0.3, -0.25) is 10.1 Å². The molecule has 0 saturated heterocycles. The maximum absolute atomic E-state index is 6.02. The average molecular weight is 266 g/mol. The molecule has 2 aromatic heterocycles. The van der Waals surface area contributed by atoms with E-state index in [0.717, 1.165) is 28.1 Å². The van der Waals surface area contributed by atoms with E-state index in [1.54, 1.807) is 19.5 Å². The summed E-state index contributed by atoms with van der Waals surface area (Å²) in [6.07, 6.45) is 3.50. The van der Waals surface area contributed by atoms with Crippen LogP contribution in [0, 0.1) is 0 Å². The van der Waals surface area contributed by atoms with Gasteiger partial charge in [-0.2, -0.15) is 5.10 Å². The number of nitrogens with zero attached hydrogens (tertiary/aromatic N) is 2. The van der Waals surface area contributed by atoms with Crippen LogP contribution >= 0.6 is 0 Å². The standard InChI is InChI=1S/C15H14N4O/c1-20-12-7-3-2-6-11(12)13-14(18-19-15(13)16)10-5-4-8-17-9-10/h2-9H,1H3,(H3,16,18,19). The number of nitrogens with one attached hydrogen (secondary N) is 1. The Bertz CT molecular complexity index is 722. The molecule has 2 heterocycles. The zero-order valence-electron chi connectivity index (χ0n) is 11.0. The average Bonchev–Trinajstić information content (AvgIpc) is 2.89. The first-order valence-corrected chi connectivity index (χ1v) is 6.19. The number of hydrogen-bond acceptors (Lipinski definition) is 4.